The van der Waals surface area contributed by atoms with Crippen LogP contribution >= 0.6 is 0 Å². The molecule has 0 saturated heterocycles. The second kappa shape index (κ2) is 7.79. The van der Waals surface area contributed by atoms with E-state index in [2.05, 4.69) is 82.7 Å². The summed E-state index contributed by atoms with van der Waals surface area (Å²) < 4.78 is 0. The first-order valence-electron chi connectivity index (χ1n) is 8.50. The van der Waals surface area contributed by atoms with E-state index >= 15 is 0 Å². The second-order valence-electron chi connectivity index (χ2n) is 6.34. The molecule has 0 aliphatic carbocycles. The van der Waals surface area contributed by atoms with Crippen LogP contribution in [0.2, 0.25) is 0 Å². The summed E-state index contributed by atoms with van der Waals surface area (Å²) >= 11 is 0. The molecule has 4 nitrogen and oxygen atoms in total. The van der Waals surface area contributed by atoms with E-state index in [9.17, 15) is 0 Å². The van der Waals surface area contributed by atoms with Gasteiger partial charge < -0.3 is 10.2 Å². The number of anilines is 2. The van der Waals surface area contributed by atoms with Crippen LogP contribution < -0.4 is 10.2 Å². The number of hydrogen-bond donors (Lipinski definition) is 1. The van der Waals surface area contributed by atoms with Gasteiger partial charge in [-0.15, -0.1) is 0 Å². The van der Waals surface area contributed by atoms with Gasteiger partial charge in [-0.1, -0.05) is 60.2 Å². The van der Waals surface area contributed by atoms with Crippen molar-refractivity contribution in [3.05, 3.63) is 83.2 Å². The molecule has 4 heteroatoms. The first kappa shape index (κ1) is 17.0. The number of aryl methyl sites for hydroxylation is 2. The normalized spacial score (nSPS) is 10.5. The van der Waals surface area contributed by atoms with Crippen molar-refractivity contribution in [1.82, 2.24) is 9.97 Å². The van der Waals surface area contributed by atoms with E-state index < -0.39 is 0 Å². The lowest BCUT2D eigenvalue weighted by molar-refractivity contribution is 0.878. The van der Waals surface area contributed by atoms with Crippen molar-refractivity contribution >= 4 is 11.6 Å². The summed E-state index contributed by atoms with van der Waals surface area (Å²) in [4.78, 5) is 11.2. The summed E-state index contributed by atoms with van der Waals surface area (Å²) in [6.07, 6.45) is 0. The van der Waals surface area contributed by atoms with Crippen LogP contribution in [-0.2, 0) is 13.1 Å². The van der Waals surface area contributed by atoms with Crippen molar-refractivity contribution in [2.45, 2.75) is 26.9 Å². The van der Waals surface area contributed by atoms with Gasteiger partial charge in [0.2, 0.25) is 0 Å². The fourth-order valence-corrected chi connectivity index (χ4v) is 2.79. The highest BCUT2D eigenvalue weighted by Crippen LogP contribution is 2.18. The molecular formula is C21H24N4. The second-order valence-corrected chi connectivity index (χ2v) is 6.34. The Labute approximate surface area is 149 Å². The Morgan fingerprint density at radius 1 is 0.880 bits per heavy atom. The molecule has 2 aromatic carbocycles. The zero-order valence-corrected chi connectivity index (χ0v) is 15.0. The number of aromatic nitrogens is 2. The van der Waals surface area contributed by atoms with Gasteiger partial charge in [0.15, 0.2) is 0 Å². The maximum Gasteiger partial charge on any atom is 0.134 e. The standard InChI is InChI=1S/C21H24N4/c1-16-8-7-11-19(12-16)14-22-20-13-21(24-17(2)23-20)25(3)15-18-9-5-4-6-10-18/h4-13H,14-15H2,1-3H3,(H,22,23,24). The lowest BCUT2D eigenvalue weighted by Crippen LogP contribution is -2.18. The molecule has 1 N–H and O–H groups in total. The summed E-state index contributed by atoms with van der Waals surface area (Å²) in [6.45, 7) is 5.60. The molecule has 0 atom stereocenters. The maximum absolute atomic E-state index is 4.57. The maximum atomic E-state index is 4.57. The molecule has 1 aromatic heterocycles. The van der Waals surface area contributed by atoms with E-state index in [1.165, 1.54) is 16.7 Å². The zero-order valence-electron chi connectivity index (χ0n) is 15.0. The first-order valence-corrected chi connectivity index (χ1v) is 8.50. The SMILES string of the molecule is Cc1cccc(CNc2cc(N(C)Cc3ccccc3)nc(C)n2)c1. The summed E-state index contributed by atoms with van der Waals surface area (Å²) in [5, 5.41) is 3.41. The fourth-order valence-electron chi connectivity index (χ4n) is 2.79. The predicted molar refractivity (Wildman–Crippen MR) is 104 cm³/mol. The van der Waals surface area contributed by atoms with Crippen molar-refractivity contribution < 1.29 is 0 Å². The molecule has 0 spiro atoms. The van der Waals surface area contributed by atoms with Gasteiger partial charge in [0, 0.05) is 26.2 Å². The van der Waals surface area contributed by atoms with Gasteiger partial charge in [-0.05, 0) is 25.0 Å². The predicted octanol–water partition coefficient (Wildman–Crippen LogP) is 4.34. The molecular weight excluding hydrogens is 308 g/mol. The van der Waals surface area contributed by atoms with Crippen LogP contribution in [0.3, 0.4) is 0 Å². The molecule has 0 aliphatic rings. The molecule has 0 aliphatic heterocycles. The van der Waals surface area contributed by atoms with Crippen LogP contribution in [-0.4, -0.2) is 17.0 Å². The lowest BCUT2D eigenvalue weighted by atomic mass is 10.1. The highest BCUT2D eigenvalue weighted by Gasteiger charge is 2.07. The largest absolute Gasteiger partial charge is 0.366 e. The summed E-state index contributed by atoms with van der Waals surface area (Å²) in [7, 11) is 2.05. The molecule has 3 rings (SSSR count). The third-order valence-electron chi connectivity index (χ3n) is 4.03. The van der Waals surface area contributed by atoms with Gasteiger partial charge in [-0.3, -0.25) is 0 Å². The van der Waals surface area contributed by atoms with Gasteiger partial charge in [-0.2, -0.15) is 0 Å². The average Bonchev–Trinajstić information content (AvgIpc) is 2.60. The van der Waals surface area contributed by atoms with Crippen molar-refractivity contribution in [3.8, 4) is 0 Å². The number of nitrogens with one attached hydrogen (secondary N) is 1. The Bertz CT molecular complexity index is 830. The Hall–Kier alpha value is -2.88. The van der Waals surface area contributed by atoms with Gasteiger partial charge in [0.05, 0.1) is 0 Å². The summed E-state index contributed by atoms with van der Waals surface area (Å²) in [5.74, 6) is 2.54. The molecule has 1 heterocycles. The number of hydrogen-bond acceptors (Lipinski definition) is 4. The van der Waals surface area contributed by atoms with E-state index in [0.29, 0.717) is 0 Å². The lowest BCUT2D eigenvalue weighted by Gasteiger charge is -2.19. The Morgan fingerprint density at radius 2 is 1.64 bits per heavy atom. The van der Waals surface area contributed by atoms with E-state index in [1.54, 1.807) is 0 Å². The topological polar surface area (TPSA) is 41.0 Å². The number of benzene rings is 2. The summed E-state index contributed by atoms with van der Waals surface area (Å²) in [6, 6.07) is 20.9. The third-order valence-corrected chi connectivity index (χ3v) is 4.03. The van der Waals surface area contributed by atoms with Gasteiger partial charge in [0.1, 0.15) is 17.5 Å². The smallest absolute Gasteiger partial charge is 0.134 e. The third kappa shape index (κ3) is 4.80. The van der Waals surface area contributed by atoms with Crippen LogP contribution in [0.15, 0.2) is 60.7 Å². The molecule has 0 fully saturated rings. The quantitative estimate of drug-likeness (QED) is 0.729. The van der Waals surface area contributed by atoms with Gasteiger partial charge >= 0.3 is 0 Å². The molecule has 0 bridgehead atoms. The van der Waals surface area contributed by atoms with E-state index in [4.69, 9.17) is 0 Å². The fraction of sp³-hybridized carbons (Fsp3) is 0.238. The van der Waals surface area contributed by atoms with Crippen LogP contribution in [0.25, 0.3) is 0 Å². The molecule has 0 radical (unpaired) electrons. The molecule has 0 amide bonds. The van der Waals surface area contributed by atoms with Crippen LogP contribution in [0, 0.1) is 13.8 Å². The van der Waals surface area contributed by atoms with E-state index in [-0.39, 0.29) is 0 Å². The highest BCUT2D eigenvalue weighted by molar-refractivity contribution is 5.49. The monoisotopic (exact) mass is 332 g/mol. The van der Waals surface area contributed by atoms with Crippen LogP contribution in [0.5, 0.6) is 0 Å². The van der Waals surface area contributed by atoms with Gasteiger partial charge in [0.25, 0.3) is 0 Å². The van der Waals surface area contributed by atoms with Crippen LogP contribution in [0.1, 0.15) is 22.5 Å². The molecule has 0 unspecified atom stereocenters. The molecule has 128 valence electrons. The van der Waals surface area contributed by atoms with Crippen LogP contribution in [0.4, 0.5) is 11.6 Å². The van der Waals surface area contributed by atoms with Crippen molar-refractivity contribution in [2.75, 3.05) is 17.3 Å². The van der Waals surface area contributed by atoms with Gasteiger partial charge in [-0.25, -0.2) is 9.97 Å². The minimum Gasteiger partial charge on any atom is -0.366 e. The average molecular weight is 332 g/mol. The van der Waals surface area contributed by atoms with Crippen molar-refractivity contribution in [1.29, 1.82) is 0 Å². The molecule has 3 aromatic rings. The Kier molecular flexibility index (Phi) is 5.29. The number of nitrogens with zero attached hydrogens (tertiary/aromatic N) is 3. The first-order chi connectivity index (χ1) is 12.1. The highest BCUT2D eigenvalue weighted by atomic mass is 15.2. The zero-order chi connectivity index (χ0) is 17.6. The van der Waals surface area contributed by atoms with E-state index in [1.807, 2.05) is 19.1 Å². The Balaban J connectivity index is 1.71. The van der Waals surface area contributed by atoms with Crippen molar-refractivity contribution in [2.24, 2.45) is 0 Å². The van der Waals surface area contributed by atoms with E-state index in [0.717, 1.165) is 30.5 Å². The minimum atomic E-state index is 0.750. The Morgan fingerprint density at radius 3 is 2.40 bits per heavy atom. The minimum absolute atomic E-state index is 0.750. The van der Waals surface area contributed by atoms with Crippen molar-refractivity contribution in [3.63, 3.8) is 0 Å². The molecule has 0 saturated carbocycles. The summed E-state index contributed by atoms with van der Waals surface area (Å²) in [5.41, 5.74) is 3.77. The molecule has 25 heavy (non-hydrogen) atoms. The number of rotatable bonds is 6.